The van der Waals surface area contributed by atoms with Crippen molar-refractivity contribution in [2.75, 3.05) is 13.1 Å². The molecule has 1 aromatic heterocycles. The van der Waals surface area contributed by atoms with Crippen LogP contribution >= 0.6 is 11.6 Å². The highest BCUT2D eigenvalue weighted by Crippen LogP contribution is 2.28. The van der Waals surface area contributed by atoms with Gasteiger partial charge in [0.1, 0.15) is 5.82 Å². The summed E-state index contributed by atoms with van der Waals surface area (Å²) in [6.45, 7) is 6.65. The Morgan fingerprint density at radius 1 is 1.19 bits per heavy atom. The number of hydrogen-bond acceptors (Lipinski definition) is 3. The van der Waals surface area contributed by atoms with Crippen molar-refractivity contribution < 1.29 is 9.18 Å². The van der Waals surface area contributed by atoms with Gasteiger partial charge in [0.05, 0.1) is 23.6 Å². The van der Waals surface area contributed by atoms with Crippen LogP contribution in [0.2, 0.25) is 5.02 Å². The number of benzene rings is 2. The standard InChI is InChI=1S/C24H26ClFN4O/c1-3-29(17(2)31)16-23-21-15-28(14-18-6-4-5-7-22(18)26)13-12-24(21)30(27-23)20-10-8-19(25)9-11-20/h4-11H,3,12-16H2,1-2H3. The fourth-order valence-corrected chi connectivity index (χ4v) is 4.22. The number of carbonyl (C=O) groups is 1. The molecule has 0 atom stereocenters. The minimum Gasteiger partial charge on any atom is -0.337 e. The molecule has 0 saturated carbocycles. The van der Waals surface area contributed by atoms with E-state index in [-0.39, 0.29) is 11.7 Å². The highest BCUT2D eigenvalue weighted by molar-refractivity contribution is 6.30. The Morgan fingerprint density at radius 2 is 1.94 bits per heavy atom. The van der Waals surface area contributed by atoms with E-state index in [1.54, 1.807) is 17.9 Å². The van der Waals surface area contributed by atoms with Gasteiger partial charge in [0.15, 0.2) is 0 Å². The Labute approximate surface area is 187 Å². The predicted octanol–water partition coefficient (Wildman–Crippen LogP) is 4.59. The molecule has 0 N–H and O–H groups in total. The summed E-state index contributed by atoms with van der Waals surface area (Å²) in [4.78, 5) is 16.0. The molecule has 5 nitrogen and oxygen atoms in total. The quantitative estimate of drug-likeness (QED) is 0.563. The van der Waals surface area contributed by atoms with Crippen LogP contribution in [-0.2, 0) is 30.8 Å². The first-order valence-electron chi connectivity index (χ1n) is 10.5. The Hall–Kier alpha value is -2.70. The summed E-state index contributed by atoms with van der Waals surface area (Å²) in [7, 11) is 0. The van der Waals surface area contributed by atoms with Gasteiger partial charge in [-0.25, -0.2) is 9.07 Å². The maximum Gasteiger partial charge on any atom is 0.219 e. The summed E-state index contributed by atoms with van der Waals surface area (Å²) >= 11 is 6.07. The van der Waals surface area contributed by atoms with Crippen LogP contribution in [0.25, 0.3) is 5.69 Å². The molecule has 4 rings (SSSR count). The van der Waals surface area contributed by atoms with E-state index >= 15 is 0 Å². The zero-order chi connectivity index (χ0) is 22.0. The molecular weight excluding hydrogens is 415 g/mol. The van der Waals surface area contributed by atoms with E-state index in [1.165, 1.54) is 6.07 Å². The molecule has 0 fully saturated rings. The Bertz CT molecular complexity index is 1080. The van der Waals surface area contributed by atoms with Gasteiger partial charge in [-0.3, -0.25) is 9.69 Å². The van der Waals surface area contributed by atoms with Crippen LogP contribution in [0.15, 0.2) is 48.5 Å². The monoisotopic (exact) mass is 440 g/mol. The zero-order valence-electron chi connectivity index (χ0n) is 17.8. The maximum atomic E-state index is 14.2. The van der Waals surface area contributed by atoms with E-state index in [0.717, 1.165) is 35.6 Å². The van der Waals surface area contributed by atoms with Gasteiger partial charge in [-0.2, -0.15) is 5.10 Å². The molecule has 31 heavy (non-hydrogen) atoms. The smallest absolute Gasteiger partial charge is 0.219 e. The zero-order valence-corrected chi connectivity index (χ0v) is 18.6. The molecule has 2 heterocycles. The highest BCUT2D eigenvalue weighted by Gasteiger charge is 2.27. The van der Waals surface area contributed by atoms with Crippen molar-refractivity contribution in [3.63, 3.8) is 0 Å². The van der Waals surface area contributed by atoms with Crippen LogP contribution in [0, 0.1) is 5.82 Å². The van der Waals surface area contributed by atoms with Crippen molar-refractivity contribution in [3.8, 4) is 5.69 Å². The summed E-state index contributed by atoms with van der Waals surface area (Å²) in [5.41, 5.74) is 4.79. The van der Waals surface area contributed by atoms with Crippen LogP contribution < -0.4 is 0 Å². The van der Waals surface area contributed by atoms with Crippen molar-refractivity contribution in [1.29, 1.82) is 0 Å². The first-order chi connectivity index (χ1) is 15.0. The largest absolute Gasteiger partial charge is 0.337 e. The van der Waals surface area contributed by atoms with E-state index in [2.05, 4.69) is 4.90 Å². The number of aromatic nitrogens is 2. The van der Waals surface area contributed by atoms with Gasteiger partial charge >= 0.3 is 0 Å². The fraction of sp³-hybridized carbons (Fsp3) is 0.333. The van der Waals surface area contributed by atoms with Gasteiger partial charge in [0, 0.05) is 55.7 Å². The first kappa shape index (κ1) is 21.5. The van der Waals surface area contributed by atoms with Crippen molar-refractivity contribution >= 4 is 17.5 Å². The normalized spacial score (nSPS) is 13.8. The molecule has 0 spiro atoms. The number of carbonyl (C=O) groups excluding carboxylic acids is 1. The molecule has 0 bridgehead atoms. The molecular formula is C24H26ClFN4O. The van der Waals surface area contributed by atoms with E-state index in [9.17, 15) is 9.18 Å². The van der Waals surface area contributed by atoms with Crippen LogP contribution in [0.3, 0.4) is 0 Å². The molecule has 3 aromatic rings. The van der Waals surface area contributed by atoms with Gasteiger partial charge in [-0.05, 0) is 37.3 Å². The van der Waals surface area contributed by atoms with E-state index in [1.807, 2.05) is 48.0 Å². The second-order valence-corrected chi connectivity index (χ2v) is 8.28. The third-order valence-electron chi connectivity index (χ3n) is 5.81. The number of fused-ring (bicyclic) bond motifs is 1. The highest BCUT2D eigenvalue weighted by atomic mass is 35.5. The topological polar surface area (TPSA) is 41.4 Å². The van der Waals surface area contributed by atoms with Gasteiger partial charge in [0.25, 0.3) is 0 Å². The summed E-state index contributed by atoms with van der Waals surface area (Å²) in [6, 6.07) is 14.5. The minimum atomic E-state index is -0.181. The van der Waals surface area contributed by atoms with Gasteiger partial charge in [0.2, 0.25) is 5.91 Å². The van der Waals surface area contributed by atoms with Crippen LogP contribution in [0.1, 0.15) is 36.4 Å². The van der Waals surface area contributed by atoms with Crippen LogP contribution in [0.5, 0.6) is 0 Å². The van der Waals surface area contributed by atoms with Crippen molar-refractivity contribution in [1.82, 2.24) is 19.6 Å². The van der Waals surface area contributed by atoms with Crippen LogP contribution in [-0.4, -0.2) is 38.6 Å². The molecule has 0 unspecified atom stereocenters. The Morgan fingerprint density at radius 3 is 2.61 bits per heavy atom. The molecule has 2 aromatic carbocycles. The average Bonchev–Trinajstić information content (AvgIpc) is 3.11. The summed E-state index contributed by atoms with van der Waals surface area (Å²) in [6.07, 6.45) is 0.797. The number of amides is 1. The molecule has 0 saturated heterocycles. The fourth-order valence-electron chi connectivity index (χ4n) is 4.09. The first-order valence-corrected chi connectivity index (χ1v) is 10.9. The van der Waals surface area contributed by atoms with E-state index < -0.39 is 0 Å². The minimum absolute atomic E-state index is 0.0244. The second kappa shape index (κ2) is 9.20. The van der Waals surface area contributed by atoms with Crippen molar-refractivity contribution in [3.05, 3.63) is 81.9 Å². The summed E-state index contributed by atoms with van der Waals surface area (Å²) in [5, 5.41) is 5.58. The van der Waals surface area contributed by atoms with Gasteiger partial charge in [-0.1, -0.05) is 29.8 Å². The maximum absolute atomic E-state index is 14.2. The summed E-state index contributed by atoms with van der Waals surface area (Å²) < 4.78 is 16.2. The average molecular weight is 441 g/mol. The Balaban J connectivity index is 1.68. The van der Waals surface area contributed by atoms with Crippen LogP contribution in [0.4, 0.5) is 4.39 Å². The molecule has 1 amide bonds. The lowest BCUT2D eigenvalue weighted by Gasteiger charge is -2.28. The number of nitrogens with zero attached hydrogens (tertiary/aromatic N) is 4. The summed E-state index contributed by atoms with van der Waals surface area (Å²) in [5.74, 6) is -0.157. The van der Waals surface area contributed by atoms with Gasteiger partial charge < -0.3 is 4.90 Å². The molecule has 1 aliphatic rings. The third kappa shape index (κ3) is 4.65. The van der Waals surface area contributed by atoms with E-state index in [0.29, 0.717) is 36.8 Å². The lowest BCUT2D eigenvalue weighted by atomic mass is 10.0. The number of halogens is 2. The van der Waals surface area contributed by atoms with E-state index in [4.69, 9.17) is 16.7 Å². The number of hydrogen-bond donors (Lipinski definition) is 0. The lowest BCUT2D eigenvalue weighted by Crippen LogP contribution is -2.32. The molecule has 162 valence electrons. The lowest BCUT2D eigenvalue weighted by molar-refractivity contribution is -0.129. The molecule has 7 heteroatoms. The second-order valence-electron chi connectivity index (χ2n) is 7.85. The SMILES string of the molecule is CCN(Cc1nn(-c2ccc(Cl)cc2)c2c1CN(Cc1ccccc1F)CC2)C(C)=O. The molecule has 0 radical (unpaired) electrons. The molecule has 1 aliphatic heterocycles. The Kier molecular flexibility index (Phi) is 6.39. The molecule has 0 aliphatic carbocycles. The predicted molar refractivity (Wildman–Crippen MR) is 120 cm³/mol. The van der Waals surface area contributed by atoms with Crippen molar-refractivity contribution in [2.45, 2.75) is 39.9 Å². The number of rotatable bonds is 6. The van der Waals surface area contributed by atoms with Gasteiger partial charge in [-0.15, -0.1) is 0 Å². The van der Waals surface area contributed by atoms with Crippen molar-refractivity contribution in [2.24, 2.45) is 0 Å². The third-order valence-corrected chi connectivity index (χ3v) is 6.06.